The van der Waals surface area contributed by atoms with Gasteiger partial charge in [-0.3, -0.25) is 14.3 Å². The average Bonchev–Trinajstić information content (AvgIpc) is 3.75. The van der Waals surface area contributed by atoms with Gasteiger partial charge in [-0.1, -0.05) is 72.8 Å². The van der Waals surface area contributed by atoms with Gasteiger partial charge in [0, 0.05) is 55.6 Å². The molecule has 0 saturated carbocycles. The first-order chi connectivity index (χ1) is 23.6. The number of ether oxygens (including phenoxy) is 1. The Labute approximate surface area is 286 Å². The van der Waals surface area contributed by atoms with Gasteiger partial charge in [-0.25, -0.2) is 5.01 Å². The van der Waals surface area contributed by atoms with Crippen molar-refractivity contribution in [3.05, 3.63) is 107 Å². The number of fused-ring (bicyclic) bond motifs is 2. The molecule has 0 unspecified atom stereocenters. The number of hydrogen-bond donors (Lipinski definition) is 2. The van der Waals surface area contributed by atoms with Crippen LogP contribution in [0.4, 0.5) is 11.4 Å². The van der Waals surface area contributed by atoms with Gasteiger partial charge in [-0.2, -0.15) is 5.10 Å². The molecule has 1 fully saturated rings. The third kappa shape index (κ3) is 6.03. The molecular formula is C37H42N6O5Si. The van der Waals surface area contributed by atoms with E-state index in [1.165, 1.54) is 5.01 Å². The molecule has 1 spiro atoms. The van der Waals surface area contributed by atoms with Gasteiger partial charge in [0.15, 0.2) is 13.9 Å². The molecule has 2 amide bonds. The predicted octanol–water partition coefficient (Wildman–Crippen LogP) is 4.78. The van der Waals surface area contributed by atoms with Crippen molar-refractivity contribution in [2.75, 3.05) is 16.5 Å². The fourth-order valence-electron chi connectivity index (χ4n) is 7.91. The van der Waals surface area contributed by atoms with Gasteiger partial charge in [-0.05, 0) is 48.8 Å². The Morgan fingerprint density at radius 1 is 0.980 bits per heavy atom. The molecule has 12 heteroatoms. The molecule has 3 aromatic carbocycles. The first-order valence-electron chi connectivity index (χ1n) is 17.0. The lowest BCUT2D eigenvalue weighted by Crippen LogP contribution is -2.46. The first kappa shape index (κ1) is 33.0. The molecule has 0 aliphatic carbocycles. The molecule has 7 rings (SSSR count). The first-order valence-corrected chi connectivity index (χ1v) is 20.0. The highest BCUT2D eigenvalue weighted by Crippen LogP contribution is 2.59. The third-order valence-electron chi connectivity index (χ3n) is 10.1. The van der Waals surface area contributed by atoms with Crippen LogP contribution in [0.5, 0.6) is 0 Å². The highest BCUT2D eigenvalue weighted by atomic mass is 28.4. The van der Waals surface area contributed by atoms with Gasteiger partial charge in [0.05, 0.1) is 35.4 Å². The fourth-order valence-corrected chi connectivity index (χ4v) is 10.5. The second kappa shape index (κ2) is 13.1. The predicted molar refractivity (Wildman–Crippen MR) is 188 cm³/mol. The zero-order valence-electron chi connectivity index (χ0n) is 28.1. The number of aliphatic hydroxyl groups excluding tert-OH is 1. The lowest BCUT2D eigenvalue weighted by Gasteiger charge is -2.32. The number of aryl methyl sites for hydroxylation is 1. The van der Waals surface area contributed by atoms with Gasteiger partial charge in [0.25, 0.3) is 5.91 Å². The normalized spacial score (nSPS) is 23.8. The topological polar surface area (TPSA) is 133 Å². The van der Waals surface area contributed by atoms with Crippen LogP contribution in [0.15, 0.2) is 90.2 Å². The Bertz CT molecular complexity index is 1870. The highest BCUT2D eigenvalue weighted by molar-refractivity contribution is 6.71. The maximum Gasteiger partial charge on any atom is 0.264 e. The number of carbonyl (C=O) groups is 2. The summed E-state index contributed by atoms with van der Waals surface area (Å²) in [5.41, 5.74) is 4.36. The van der Waals surface area contributed by atoms with Gasteiger partial charge in [0.2, 0.25) is 5.91 Å². The van der Waals surface area contributed by atoms with E-state index in [0.29, 0.717) is 50.2 Å². The van der Waals surface area contributed by atoms with Crippen molar-refractivity contribution in [3.63, 3.8) is 0 Å². The summed E-state index contributed by atoms with van der Waals surface area (Å²) in [6.07, 6.45) is 3.42. The molecule has 49 heavy (non-hydrogen) atoms. The fraction of sp³-hybridized carbons (Fsp3) is 0.378. The number of carbonyl (C=O) groups excluding carboxylic acids is 2. The van der Waals surface area contributed by atoms with Gasteiger partial charge in [-0.15, -0.1) is 5.10 Å². The Kier molecular flexibility index (Phi) is 8.82. The SMILES string of the molecule is C[C@H]1[C@H]([Si](C)(C)O)[C@@H](CCn2cc(CCO)nn2)O[C@]12C(=O)N(Cc1ccc(N3N=C(c4ccccc4)CCC3=O)cc1)c1ccccc12. The van der Waals surface area contributed by atoms with Crippen LogP contribution >= 0.6 is 0 Å². The minimum absolute atomic E-state index is 0.00126. The summed E-state index contributed by atoms with van der Waals surface area (Å²) >= 11 is 0. The zero-order valence-corrected chi connectivity index (χ0v) is 29.1. The van der Waals surface area contributed by atoms with Crippen LogP contribution < -0.4 is 9.91 Å². The van der Waals surface area contributed by atoms with E-state index in [4.69, 9.17) is 9.84 Å². The molecule has 3 aliphatic rings. The molecular weight excluding hydrogens is 637 g/mol. The van der Waals surface area contributed by atoms with E-state index >= 15 is 0 Å². The Balaban J connectivity index is 1.14. The van der Waals surface area contributed by atoms with Crippen LogP contribution in [-0.2, 0) is 39.4 Å². The number of aliphatic hydroxyl groups is 1. The van der Waals surface area contributed by atoms with Crippen molar-refractivity contribution in [1.29, 1.82) is 0 Å². The Hall–Kier alpha value is -4.49. The molecule has 2 N–H and O–H groups in total. The summed E-state index contributed by atoms with van der Waals surface area (Å²) in [6.45, 7) is 6.71. The quantitative estimate of drug-likeness (QED) is 0.231. The third-order valence-corrected chi connectivity index (χ3v) is 12.7. The van der Waals surface area contributed by atoms with Crippen molar-refractivity contribution < 1.29 is 24.2 Å². The summed E-state index contributed by atoms with van der Waals surface area (Å²) in [6, 6.07) is 25.3. The number of nitrogens with zero attached hydrogens (tertiary/aromatic N) is 6. The molecule has 1 saturated heterocycles. The van der Waals surface area contributed by atoms with Crippen LogP contribution in [0.1, 0.15) is 48.6 Å². The van der Waals surface area contributed by atoms with Crippen LogP contribution in [0, 0.1) is 5.92 Å². The lowest BCUT2D eigenvalue weighted by atomic mass is 9.82. The number of amides is 2. The molecule has 3 aliphatic heterocycles. The van der Waals surface area contributed by atoms with Crippen LogP contribution in [-0.4, -0.2) is 63.5 Å². The molecule has 1 aromatic heterocycles. The standard InChI is InChI=1S/C37H42N6O5Si/c1-25-35(49(2,3)47)33(19-21-41-24-28(20-22-44)38-40-41)48-37(25)30-11-7-8-12-32(30)42(36(37)46)23-26-13-15-29(16-14-26)43-34(45)18-17-31(39-43)27-9-5-4-6-10-27/h4-16,24-25,33,35,44,47H,17-23H2,1-3H3/t25-,33+,35-,37+/m0/s1. The van der Waals surface area contributed by atoms with Crippen molar-refractivity contribution in [2.45, 2.75) is 76.0 Å². The highest BCUT2D eigenvalue weighted by Gasteiger charge is 2.66. The summed E-state index contributed by atoms with van der Waals surface area (Å²) in [5.74, 6) is -0.461. The molecule has 4 heterocycles. The van der Waals surface area contributed by atoms with E-state index < -0.39 is 13.9 Å². The van der Waals surface area contributed by atoms with Gasteiger partial charge >= 0.3 is 0 Å². The molecule has 4 aromatic rings. The summed E-state index contributed by atoms with van der Waals surface area (Å²) in [5, 5.41) is 23.8. The van der Waals surface area contributed by atoms with E-state index in [2.05, 4.69) is 10.3 Å². The van der Waals surface area contributed by atoms with E-state index in [0.717, 1.165) is 28.1 Å². The van der Waals surface area contributed by atoms with Crippen LogP contribution in [0.25, 0.3) is 0 Å². The average molecular weight is 679 g/mol. The second-order valence-electron chi connectivity index (χ2n) is 13.8. The molecule has 0 radical (unpaired) electrons. The number of hydrazone groups is 1. The largest absolute Gasteiger partial charge is 0.432 e. The number of anilines is 2. The van der Waals surface area contributed by atoms with Gasteiger partial charge < -0.3 is 19.5 Å². The lowest BCUT2D eigenvalue weighted by molar-refractivity contribution is -0.146. The van der Waals surface area contributed by atoms with Gasteiger partial charge in [0.1, 0.15) is 0 Å². The molecule has 11 nitrogen and oxygen atoms in total. The van der Waals surface area contributed by atoms with Crippen molar-refractivity contribution in [1.82, 2.24) is 15.0 Å². The van der Waals surface area contributed by atoms with Crippen molar-refractivity contribution >= 4 is 37.2 Å². The van der Waals surface area contributed by atoms with E-state index in [-0.39, 0.29) is 36.0 Å². The smallest absolute Gasteiger partial charge is 0.264 e. The summed E-state index contributed by atoms with van der Waals surface area (Å²) in [7, 11) is -2.81. The van der Waals surface area contributed by atoms with Crippen LogP contribution in [0.2, 0.25) is 18.6 Å². The second-order valence-corrected chi connectivity index (χ2v) is 17.8. The van der Waals surface area contributed by atoms with Crippen molar-refractivity contribution in [2.24, 2.45) is 11.0 Å². The summed E-state index contributed by atoms with van der Waals surface area (Å²) < 4.78 is 8.66. The Morgan fingerprint density at radius 3 is 2.45 bits per heavy atom. The number of para-hydroxylation sites is 1. The van der Waals surface area contributed by atoms with Crippen molar-refractivity contribution in [3.8, 4) is 0 Å². The monoisotopic (exact) mass is 678 g/mol. The maximum absolute atomic E-state index is 14.7. The zero-order chi connectivity index (χ0) is 34.3. The minimum Gasteiger partial charge on any atom is -0.432 e. The van der Waals surface area contributed by atoms with E-state index in [1.807, 2.05) is 105 Å². The van der Waals surface area contributed by atoms with E-state index in [1.54, 1.807) is 9.58 Å². The molecule has 0 bridgehead atoms. The number of rotatable bonds is 10. The number of aromatic nitrogens is 3. The maximum atomic E-state index is 14.7. The number of hydrogen-bond acceptors (Lipinski definition) is 8. The number of benzene rings is 3. The Morgan fingerprint density at radius 2 is 1.71 bits per heavy atom. The summed E-state index contributed by atoms with van der Waals surface area (Å²) in [4.78, 5) is 41.0. The van der Waals surface area contributed by atoms with E-state index in [9.17, 15) is 19.5 Å². The molecule has 254 valence electrons. The van der Waals surface area contributed by atoms with Crippen LogP contribution in [0.3, 0.4) is 0 Å². The minimum atomic E-state index is -2.81. The molecule has 4 atom stereocenters.